The van der Waals surface area contributed by atoms with E-state index in [0.29, 0.717) is 18.4 Å². The smallest absolute Gasteiger partial charge is 0.345 e. The number of aromatic nitrogens is 3. The van der Waals surface area contributed by atoms with E-state index in [1.165, 1.54) is 10.7 Å². The molecule has 2 heterocycles. The molecule has 0 radical (unpaired) electrons. The molecule has 1 aromatic carbocycles. The van der Waals surface area contributed by atoms with Crippen LogP contribution in [0.4, 0.5) is 13.2 Å². The first kappa shape index (κ1) is 19.5. The summed E-state index contributed by atoms with van der Waals surface area (Å²) in [6, 6.07) is 9.55. The molecular formula is C20H17F3N4OS. The predicted octanol–water partition coefficient (Wildman–Crippen LogP) is 4.43. The largest absolute Gasteiger partial charge is 0.433 e. The number of nitrogens with one attached hydrogen (secondary N) is 1. The van der Waals surface area contributed by atoms with Gasteiger partial charge in [-0.1, -0.05) is 6.07 Å². The number of carbonyl (C=O) groups is 1. The molecule has 0 saturated carbocycles. The van der Waals surface area contributed by atoms with Crippen LogP contribution in [0.5, 0.6) is 0 Å². The Hall–Kier alpha value is -2.81. The first-order chi connectivity index (χ1) is 13.8. The van der Waals surface area contributed by atoms with Gasteiger partial charge in [0.05, 0.1) is 17.4 Å². The molecule has 0 fully saturated rings. The standard InChI is InChI=1S/C20H17F3N4OS/c1-29-14-4-2-3-12(9-14)19(28)25-16-5-6-17-15(16)11-27(26-17)13-7-8-24-18(10-13)20(21,22)23/h2-4,7-11,16H,5-6H2,1H3,(H,25,28). The number of fused-ring (bicyclic) bond motifs is 1. The van der Waals surface area contributed by atoms with E-state index in [-0.39, 0.29) is 17.6 Å². The van der Waals surface area contributed by atoms with Crippen LogP contribution in [0.15, 0.2) is 53.7 Å². The normalized spacial score (nSPS) is 15.9. The number of thioether (sulfide) groups is 1. The summed E-state index contributed by atoms with van der Waals surface area (Å²) in [5, 5.41) is 7.42. The van der Waals surface area contributed by atoms with Gasteiger partial charge in [-0.25, -0.2) is 4.68 Å². The Morgan fingerprint density at radius 1 is 1.28 bits per heavy atom. The lowest BCUT2D eigenvalue weighted by Gasteiger charge is -2.13. The Bertz CT molecular complexity index is 1060. The van der Waals surface area contributed by atoms with Crippen molar-refractivity contribution in [2.45, 2.75) is 30.0 Å². The Balaban J connectivity index is 1.56. The molecule has 4 rings (SSSR count). The summed E-state index contributed by atoms with van der Waals surface area (Å²) in [5.74, 6) is -0.185. The Kier molecular flexibility index (Phi) is 5.08. The fraction of sp³-hybridized carbons (Fsp3) is 0.250. The van der Waals surface area contributed by atoms with Crippen LogP contribution in [0, 0.1) is 0 Å². The molecule has 9 heteroatoms. The summed E-state index contributed by atoms with van der Waals surface area (Å²) in [6.45, 7) is 0. The second-order valence-electron chi connectivity index (χ2n) is 6.67. The van der Waals surface area contributed by atoms with E-state index >= 15 is 0 Å². The average Bonchev–Trinajstić information content (AvgIpc) is 3.29. The Labute approximate surface area is 169 Å². The monoisotopic (exact) mass is 418 g/mol. The molecule has 3 aromatic rings. The van der Waals surface area contributed by atoms with Gasteiger partial charge in [0.25, 0.3) is 5.91 Å². The third kappa shape index (κ3) is 4.00. The molecule has 1 amide bonds. The molecule has 1 aliphatic rings. The minimum atomic E-state index is -4.52. The van der Waals surface area contributed by atoms with Crippen molar-refractivity contribution < 1.29 is 18.0 Å². The number of nitrogens with zero attached hydrogens (tertiary/aromatic N) is 3. The van der Waals surface area contributed by atoms with Gasteiger partial charge in [0.1, 0.15) is 5.69 Å². The number of hydrogen-bond donors (Lipinski definition) is 1. The van der Waals surface area contributed by atoms with Crippen molar-refractivity contribution in [3.05, 3.63) is 71.3 Å². The number of alkyl halides is 3. The number of carbonyl (C=O) groups excluding carboxylic acids is 1. The van der Waals surface area contributed by atoms with Gasteiger partial charge >= 0.3 is 6.18 Å². The predicted molar refractivity (Wildman–Crippen MR) is 103 cm³/mol. The third-order valence-electron chi connectivity index (χ3n) is 4.80. The topological polar surface area (TPSA) is 59.8 Å². The molecule has 1 unspecified atom stereocenters. The maximum Gasteiger partial charge on any atom is 0.433 e. The number of rotatable bonds is 4. The maximum absolute atomic E-state index is 12.9. The SMILES string of the molecule is CSc1cccc(C(=O)NC2CCc3nn(-c4ccnc(C(F)(F)F)c4)cc32)c1. The zero-order chi connectivity index (χ0) is 20.6. The number of pyridine rings is 1. The van der Waals surface area contributed by atoms with Gasteiger partial charge in [-0.2, -0.15) is 18.3 Å². The molecule has 5 nitrogen and oxygen atoms in total. The summed E-state index contributed by atoms with van der Waals surface area (Å²) in [7, 11) is 0. The van der Waals surface area contributed by atoms with E-state index in [2.05, 4.69) is 15.4 Å². The summed E-state index contributed by atoms with van der Waals surface area (Å²) in [4.78, 5) is 17.0. The molecule has 2 aromatic heterocycles. The van der Waals surface area contributed by atoms with Crippen molar-refractivity contribution in [2.24, 2.45) is 0 Å². The van der Waals surface area contributed by atoms with Crippen LogP contribution in [0.25, 0.3) is 5.69 Å². The highest BCUT2D eigenvalue weighted by Crippen LogP contribution is 2.33. The maximum atomic E-state index is 12.9. The summed E-state index contributed by atoms with van der Waals surface area (Å²) in [5.41, 5.74) is 1.48. The van der Waals surface area contributed by atoms with Crippen molar-refractivity contribution in [3.63, 3.8) is 0 Å². The van der Waals surface area contributed by atoms with Crippen molar-refractivity contribution in [2.75, 3.05) is 6.26 Å². The molecule has 0 saturated heterocycles. The van der Waals surface area contributed by atoms with Gasteiger partial charge in [0, 0.05) is 28.4 Å². The van der Waals surface area contributed by atoms with E-state index in [9.17, 15) is 18.0 Å². The van der Waals surface area contributed by atoms with Gasteiger partial charge in [0.2, 0.25) is 0 Å². The number of benzene rings is 1. The number of aryl methyl sites for hydroxylation is 1. The highest BCUT2D eigenvalue weighted by molar-refractivity contribution is 7.98. The molecule has 1 aliphatic carbocycles. The van der Waals surface area contributed by atoms with E-state index < -0.39 is 11.9 Å². The summed E-state index contributed by atoms with van der Waals surface area (Å²) < 4.78 is 40.2. The second-order valence-corrected chi connectivity index (χ2v) is 7.55. The lowest BCUT2D eigenvalue weighted by molar-refractivity contribution is -0.141. The van der Waals surface area contributed by atoms with Crippen molar-refractivity contribution in [1.82, 2.24) is 20.1 Å². The molecule has 29 heavy (non-hydrogen) atoms. The zero-order valence-corrected chi connectivity index (χ0v) is 16.2. The minimum Gasteiger partial charge on any atom is -0.345 e. The van der Waals surface area contributed by atoms with Crippen LogP contribution in [0.3, 0.4) is 0 Å². The van der Waals surface area contributed by atoms with E-state index in [1.807, 2.05) is 24.5 Å². The van der Waals surface area contributed by atoms with Gasteiger partial charge in [-0.05, 0) is 49.4 Å². The molecule has 0 bridgehead atoms. The van der Waals surface area contributed by atoms with Crippen LogP contribution in [-0.4, -0.2) is 26.9 Å². The van der Waals surface area contributed by atoms with E-state index in [4.69, 9.17) is 0 Å². The Morgan fingerprint density at radius 3 is 2.86 bits per heavy atom. The Morgan fingerprint density at radius 2 is 2.10 bits per heavy atom. The quantitative estimate of drug-likeness (QED) is 0.637. The number of hydrogen-bond acceptors (Lipinski definition) is 4. The third-order valence-corrected chi connectivity index (χ3v) is 5.53. The number of amides is 1. The zero-order valence-electron chi connectivity index (χ0n) is 15.4. The van der Waals surface area contributed by atoms with Gasteiger partial charge in [0.15, 0.2) is 0 Å². The summed E-state index contributed by atoms with van der Waals surface area (Å²) in [6.07, 6.45) is 1.57. The van der Waals surface area contributed by atoms with Crippen LogP contribution < -0.4 is 5.32 Å². The van der Waals surface area contributed by atoms with Crippen LogP contribution in [0.2, 0.25) is 0 Å². The van der Waals surface area contributed by atoms with Gasteiger partial charge < -0.3 is 5.32 Å². The molecule has 0 spiro atoms. The van der Waals surface area contributed by atoms with Crippen LogP contribution in [0.1, 0.15) is 39.8 Å². The highest BCUT2D eigenvalue weighted by atomic mass is 32.2. The summed E-state index contributed by atoms with van der Waals surface area (Å²) >= 11 is 1.56. The fourth-order valence-electron chi connectivity index (χ4n) is 3.35. The lowest BCUT2D eigenvalue weighted by atomic mass is 10.1. The minimum absolute atomic E-state index is 0.185. The fourth-order valence-corrected chi connectivity index (χ4v) is 3.81. The van der Waals surface area contributed by atoms with Crippen LogP contribution in [-0.2, 0) is 12.6 Å². The van der Waals surface area contributed by atoms with E-state index in [0.717, 1.165) is 28.4 Å². The average molecular weight is 418 g/mol. The molecule has 0 aliphatic heterocycles. The van der Waals surface area contributed by atoms with Gasteiger partial charge in [-0.15, -0.1) is 11.8 Å². The lowest BCUT2D eigenvalue weighted by Crippen LogP contribution is -2.27. The van der Waals surface area contributed by atoms with Gasteiger partial charge in [-0.3, -0.25) is 9.78 Å². The van der Waals surface area contributed by atoms with Crippen molar-refractivity contribution in [1.29, 1.82) is 0 Å². The molecular weight excluding hydrogens is 401 g/mol. The first-order valence-electron chi connectivity index (χ1n) is 8.92. The van der Waals surface area contributed by atoms with Crippen molar-refractivity contribution in [3.8, 4) is 5.69 Å². The molecule has 150 valence electrons. The van der Waals surface area contributed by atoms with E-state index in [1.54, 1.807) is 24.0 Å². The first-order valence-corrected chi connectivity index (χ1v) is 10.1. The highest BCUT2D eigenvalue weighted by Gasteiger charge is 2.33. The van der Waals surface area contributed by atoms with Crippen molar-refractivity contribution >= 4 is 17.7 Å². The molecule has 1 atom stereocenters. The van der Waals surface area contributed by atoms with Crippen LogP contribution >= 0.6 is 11.8 Å². The molecule has 1 N–H and O–H groups in total. The number of halogens is 3. The second kappa shape index (κ2) is 7.55.